The number of ether oxygens (including phenoxy) is 1. The molecule has 1 aromatic rings. The summed E-state index contributed by atoms with van der Waals surface area (Å²) in [6.45, 7) is 2.38. The van der Waals surface area contributed by atoms with E-state index in [1.54, 1.807) is 25.3 Å². The van der Waals surface area contributed by atoms with Crippen LogP contribution in [0.15, 0.2) is 24.3 Å². The van der Waals surface area contributed by atoms with Gasteiger partial charge in [-0.25, -0.2) is 4.39 Å². The number of aliphatic carboxylic acids is 1. The quantitative estimate of drug-likeness (QED) is 0.813. The molecule has 0 spiro atoms. The molecule has 0 aliphatic rings. The summed E-state index contributed by atoms with van der Waals surface area (Å²) in [5.74, 6) is -1.87. The first-order chi connectivity index (χ1) is 8.56. The van der Waals surface area contributed by atoms with E-state index >= 15 is 0 Å². The summed E-state index contributed by atoms with van der Waals surface area (Å²) in [5, 5.41) is 9.23. The fraction of sp³-hybridized carbons (Fsp3) is 0.500. The number of hydrogen-bond donors (Lipinski definition) is 1. The largest absolute Gasteiger partial charge is 0.481 e. The number of carboxylic acids is 1. The van der Waals surface area contributed by atoms with Crippen LogP contribution in [0.4, 0.5) is 4.39 Å². The highest BCUT2D eigenvalue weighted by atomic mass is 19.1. The van der Waals surface area contributed by atoms with Crippen LogP contribution in [0.3, 0.4) is 0 Å². The van der Waals surface area contributed by atoms with Crippen LogP contribution < -0.4 is 0 Å². The molecule has 0 fully saturated rings. The monoisotopic (exact) mass is 254 g/mol. The number of rotatable bonds is 7. The molecule has 4 heteroatoms. The molecular formula is C14H19FO3. The van der Waals surface area contributed by atoms with E-state index < -0.39 is 11.9 Å². The zero-order valence-corrected chi connectivity index (χ0v) is 10.7. The van der Waals surface area contributed by atoms with Gasteiger partial charge in [0.15, 0.2) is 0 Å². The average molecular weight is 254 g/mol. The van der Waals surface area contributed by atoms with Crippen molar-refractivity contribution < 1.29 is 19.0 Å². The first-order valence-electron chi connectivity index (χ1n) is 6.01. The van der Waals surface area contributed by atoms with Crippen molar-refractivity contribution in [2.24, 2.45) is 11.8 Å². The summed E-state index contributed by atoms with van der Waals surface area (Å²) in [6.07, 6.45) is 0.870. The van der Waals surface area contributed by atoms with Crippen LogP contribution in [-0.2, 0) is 16.0 Å². The highest BCUT2D eigenvalue weighted by Gasteiger charge is 2.25. The van der Waals surface area contributed by atoms with Crippen molar-refractivity contribution in [2.45, 2.75) is 19.8 Å². The number of carboxylic acid groups (broad SMARTS) is 1. The fourth-order valence-corrected chi connectivity index (χ4v) is 1.94. The Morgan fingerprint density at radius 1 is 1.44 bits per heavy atom. The summed E-state index contributed by atoms with van der Waals surface area (Å²) < 4.78 is 18.5. The van der Waals surface area contributed by atoms with Gasteiger partial charge in [-0.1, -0.05) is 25.1 Å². The van der Waals surface area contributed by atoms with Crippen LogP contribution >= 0.6 is 0 Å². The normalized spacial score (nSPS) is 14.2. The van der Waals surface area contributed by atoms with Crippen molar-refractivity contribution in [3.63, 3.8) is 0 Å². The Morgan fingerprint density at radius 3 is 2.67 bits per heavy atom. The number of methoxy groups -OCH3 is 1. The molecule has 3 nitrogen and oxygen atoms in total. The number of benzene rings is 1. The molecule has 0 saturated heterocycles. The first-order valence-corrected chi connectivity index (χ1v) is 6.01. The Labute approximate surface area is 107 Å². The van der Waals surface area contributed by atoms with Gasteiger partial charge in [-0.05, 0) is 30.4 Å². The molecule has 0 saturated carbocycles. The first kappa shape index (κ1) is 14.6. The Balaban J connectivity index is 2.75. The lowest BCUT2D eigenvalue weighted by Crippen LogP contribution is -2.25. The van der Waals surface area contributed by atoms with Crippen LogP contribution in [0.1, 0.15) is 18.9 Å². The molecule has 18 heavy (non-hydrogen) atoms. The molecule has 1 aromatic carbocycles. The highest BCUT2D eigenvalue weighted by molar-refractivity contribution is 5.70. The number of carbonyl (C=O) groups is 1. The van der Waals surface area contributed by atoms with E-state index in [0.29, 0.717) is 18.6 Å². The molecule has 100 valence electrons. The van der Waals surface area contributed by atoms with Gasteiger partial charge in [0.2, 0.25) is 0 Å². The third-order valence-corrected chi connectivity index (χ3v) is 3.18. The summed E-state index contributed by atoms with van der Waals surface area (Å²) in [7, 11) is 1.58. The predicted octanol–water partition coefficient (Wildman–Crippen LogP) is 2.74. The summed E-state index contributed by atoms with van der Waals surface area (Å²) in [4.78, 5) is 11.3. The Hall–Kier alpha value is -1.42. The van der Waals surface area contributed by atoms with E-state index in [9.17, 15) is 14.3 Å². The van der Waals surface area contributed by atoms with Crippen LogP contribution in [0.5, 0.6) is 0 Å². The van der Waals surface area contributed by atoms with Gasteiger partial charge in [-0.3, -0.25) is 4.79 Å². The molecule has 0 aliphatic carbocycles. The molecule has 0 amide bonds. The topological polar surface area (TPSA) is 46.5 Å². The van der Waals surface area contributed by atoms with E-state index in [1.807, 2.05) is 6.92 Å². The Morgan fingerprint density at radius 2 is 2.11 bits per heavy atom. The zero-order chi connectivity index (χ0) is 13.5. The average Bonchev–Trinajstić information content (AvgIpc) is 2.34. The second-order valence-corrected chi connectivity index (χ2v) is 4.50. The Bertz CT molecular complexity index is 392. The van der Waals surface area contributed by atoms with Crippen molar-refractivity contribution in [2.75, 3.05) is 13.7 Å². The molecular weight excluding hydrogens is 235 g/mol. The van der Waals surface area contributed by atoms with E-state index in [-0.39, 0.29) is 18.2 Å². The maximum Gasteiger partial charge on any atom is 0.307 e. The number of hydrogen-bond acceptors (Lipinski definition) is 2. The van der Waals surface area contributed by atoms with Gasteiger partial charge in [0.05, 0.1) is 5.92 Å². The second-order valence-electron chi connectivity index (χ2n) is 4.50. The smallest absolute Gasteiger partial charge is 0.307 e. The molecule has 2 unspecified atom stereocenters. The molecule has 0 aliphatic heterocycles. The van der Waals surface area contributed by atoms with Crippen LogP contribution in [-0.4, -0.2) is 24.8 Å². The molecule has 0 heterocycles. The molecule has 0 bridgehead atoms. The van der Waals surface area contributed by atoms with Crippen LogP contribution in [0.25, 0.3) is 0 Å². The zero-order valence-electron chi connectivity index (χ0n) is 10.7. The maximum atomic E-state index is 13.5. The third-order valence-electron chi connectivity index (χ3n) is 3.18. The van der Waals surface area contributed by atoms with Crippen molar-refractivity contribution in [1.82, 2.24) is 0 Å². The minimum atomic E-state index is -0.887. The minimum Gasteiger partial charge on any atom is -0.481 e. The summed E-state index contributed by atoms with van der Waals surface area (Å²) in [6, 6.07) is 6.31. The van der Waals surface area contributed by atoms with Gasteiger partial charge in [-0.15, -0.1) is 0 Å². The summed E-state index contributed by atoms with van der Waals surface area (Å²) >= 11 is 0. The molecule has 0 aromatic heterocycles. The van der Waals surface area contributed by atoms with E-state index in [1.165, 1.54) is 6.07 Å². The number of halogens is 1. The summed E-state index contributed by atoms with van der Waals surface area (Å²) in [5.41, 5.74) is 0.453. The van der Waals surface area contributed by atoms with E-state index in [4.69, 9.17) is 4.74 Å². The minimum absolute atomic E-state index is 0.0537. The lowest BCUT2D eigenvalue weighted by molar-refractivity contribution is -0.143. The lowest BCUT2D eigenvalue weighted by atomic mass is 9.86. The lowest BCUT2D eigenvalue weighted by Gasteiger charge is -2.20. The van der Waals surface area contributed by atoms with E-state index in [2.05, 4.69) is 0 Å². The fourth-order valence-electron chi connectivity index (χ4n) is 1.94. The van der Waals surface area contributed by atoms with Gasteiger partial charge in [0, 0.05) is 13.7 Å². The predicted molar refractivity (Wildman–Crippen MR) is 66.9 cm³/mol. The second kappa shape index (κ2) is 7.11. The van der Waals surface area contributed by atoms with Crippen molar-refractivity contribution in [1.29, 1.82) is 0 Å². The van der Waals surface area contributed by atoms with E-state index in [0.717, 1.165) is 0 Å². The Kier molecular flexibility index (Phi) is 5.78. The molecule has 1 rings (SSSR count). The molecule has 1 N–H and O–H groups in total. The SMILES string of the molecule is COCCC(C)C(Cc1ccccc1F)C(=O)O. The van der Waals surface area contributed by atoms with Crippen molar-refractivity contribution >= 4 is 5.97 Å². The highest BCUT2D eigenvalue weighted by Crippen LogP contribution is 2.22. The van der Waals surface area contributed by atoms with Gasteiger partial charge >= 0.3 is 5.97 Å². The van der Waals surface area contributed by atoms with Crippen LogP contribution in [0.2, 0.25) is 0 Å². The molecule has 0 radical (unpaired) electrons. The van der Waals surface area contributed by atoms with Crippen molar-refractivity contribution in [3.8, 4) is 0 Å². The third kappa shape index (κ3) is 4.11. The maximum absolute atomic E-state index is 13.5. The van der Waals surface area contributed by atoms with Gasteiger partial charge in [0.25, 0.3) is 0 Å². The van der Waals surface area contributed by atoms with Gasteiger partial charge < -0.3 is 9.84 Å². The van der Waals surface area contributed by atoms with Gasteiger partial charge in [-0.2, -0.15) is 0 Å². The standard InChI is InChI=1S/C14H19FO3/c1-10(7-8-18-2)12(14(16)17)9-11-5-3-4-6-13(11)15/h3-6,10,12H,7-9H2,1-2H3,(H,16,17). The molecule has 2 atom stereocenters. The van der Waals surface area contributed by atoms with Gasteiger partial charge in [0.1, 0.15) is 5.82 Å². The van der Waals surface area contributed by atoms with Crippen molar-refractivity contribution in [3.05, 3.63) is 35.6 Å². The van der Waals surface area contributed by atoms with Crippen LogP contribution in [0, 0.1) is 17.7 Å².